The summed E-state index contributed by atoms with van der Waals surface area (Å²) in [5.41, 5.74) is 0.571. The van der Waals surface area contributed by atoms with E-state index in [1.165, 1.54) is 18.2 Å². The summed E-state index contributed by atoms with van der Waals surface area (Å²) < 4.78 is 0. The Bertz CT molecular complexity index is 512. The molecule has 2 N–H and O–H groups in total. The summed E-state index contributed by atoms with van der Waals surface area (Å²) >= 11 is 1.21. The Morgan fingerprint density at radius 2 is 1.90 bits per heavy atom. The number of hydrogen-bond donors (Lipinski definition) is 2. The maximum absolute atomic E-state index is 12.4. The van der Waals surface area contributed by atoms with Crippen LogP contribution < -0.4 is 5.32 Å². The molecule has 1 unspecified atom stereocenters. The molecule has 0 aromatic heterocycles. The molecule has 1 saturated carbocycles. The Morgan fingerprint density at radius 1 is 1.24 bits per heavy atom. The van der Waals surface area contributed by atoms with E-state index in [4.69, 9.17) is 5.11 Å². The van der Waals surface area contributed by atoms with Gasteiger partial charge in [0.1, 0.15) is 5.25 Å². The van der Waals surface area contributed by atoms with Gasteiger partial charge in [-0.3, -0.25) is 9.59 Å². The van der Waals surface area contributed by atoms with Gasteiger partial charge in [0.2, 0.25) is 0 Å². The van der Waals surface area contributed by atoms with Gasteiger partial charge in [-0.15, -0.1) is 11.8 Å². The minimum atomic E-state index is -0.873. The van der Waals surface area contributed by atoms with E-state index in [-0.39, 0.29) is 11.9 Å². The lowest BCUT2D eigenvalue weighted by molar-refractivity contribution is -0.136. The molecule has 1 amide bonds. The maximum Gasteiger partial charge on any atom is 0.316 e. The molecular weight excluding hydrogens is 286 g/mol. The van der Waals surface area contributed by atoms with Crippen LogP contribution in [0.2, 0.25) is 0 Å². The third-order valence-corrected chi connectivity index (χ3v) is 4.89. The van der Waals surface area contributed by atoms with Gasteiger partial charge in [-0.25, -0.2) is 0 Å². The Balaban J connectivity index is 2.07. The maximum atomic E-state index is 12.4. The number of thioether (sulfide) groups is 1. The minimum absolute atomic E-state index is 0.0948. The zero-order valence-electron chi connectivity index (χ0n) is 12.2. The third kappa shape index (κ3) is 4.49. The SMILES string of the molecule is CC(Sc1ccccc1C(=O)NC1CCCCC1)C(=O)O. The van der Waals surface area contributed by atoms with E-state index >= 15 is 0 Å². The normalized spacial score (nSPS) is 17.2. The van der Waals surface area contributed by atoms with Crippen molar-refractivity contribution in [2.24, 2.45) is 0 Å². The van der Waals surface area contributed by atoms with Crippen LogP contribution in [0.1, 0.15) is 49.4 Å². The first kappa shape index (κ1) is 15.9. The molecule has 0 aliphatic heterocycles. The summed E-state index contributed by atoms with van der Waals surface area (Å²) in [6, 6.07) is 7.45. The number of carbonyl (C=O) groups excluding carboxylic acids is 1. The smallest absolute Gasteiger partial charge is 0.316 e. The molecule has 0 heterocycles. The van der Waals surface area contributed by atoms with Gasteiger partial charge in [-0.1, -0.05) is 31.4 Å². The fourth-order valence-corrected chi connectivity index (χ4v) is 3.43. The molecular formula is C16H21NO3S. The Hall–Kier alpha value is -1.49. The first-order valence-corrected chi connectivity index (χ1v) is 8.25. The fraction of sp³-hybridized carbons (Fsp3) is 0.500. The molecule has 114 valence electrons. The van der Waals surface area contributed by atoms with Gasteiger partial charge in [0, 0.05) is 10.9 Å². The molecule has 0 radical (unpaired) electrons. The van der Waals surface area contributed by atoms with Crippen molar-refractivity contribution in [3.8, 4) is 0 Å². The lowest BCUT2D eigenvalue weighted by Gasteiger charge is -2.23. The van der Waals surface area contributed by atoms with Crippen molar-refractivity contribution in [1.29, 1.82) is 0 Å². The molecule has 0 saturated heterocycles. The summed E-state index contributed by atoms with van der Waals surface area (Å²) in [7, 11) is 0. The van der Waals surface area contributed by atoms with E-state index in [1.807, 2.05) is 12.1 Å². The van der Waals surface area contributed by atoms with E-state index in [0.717, 1.165) is 30.6 Å². The average Bonchev–Trinajstić information content (AvgIpc) is 2.48. The Morgan fingerprint density at radius 3 is 2.57 bits per heavy atom. The van der Waals surface area contributed by atoms with E-state index in [9.17, 15) is 9.59 Å². The van der Waals surface area contributed by atoms with Crippen molar-refractivity contribution in [2.45, 2.75) is 55.2 Å². The van der Waals surface area contributed by atoms with Crippen LogP contribution in [0.15, 0.2) is 29.2 Å². The molecule has 21 heavy (non-hydrogen) atoms. The van der Waals surface area contributed by atoms with Crippen LogP contribution >= 0.6 is 11.8 Å². The van der Waals surface area contributed by atoms with Crippen molar-refractivity contribution in [3.63, 3.8) is 0 Å². The summed E-state index contributed by atoms with van der Waals surface area (Å²) in [6.07, 6.45) is 5.64. The van der Waals surface area contributed by atoms with E-state index in [1.54, 1.807) is 19.1 Å². The summed E-state index contributed by atoms with van der Waals surface area (Å²) in [5, 5.41) is 11.5. The van der Waals surface area contributed by atoms with Gasteiger partial charge in [-0.2, -0.15) is 0 Å². The highest BCUT2D eigenvalue weighted by atomic mass is 32.2. The van der Waals surface area contributed by atoms with Gasteiger partial charge in [0.05, 0.1) is 5.56 Å². The van der Waals surface area contributed by atoms with Gasteiger partial charge < -0.3 is 10.4 Å². The second-order valence-corrected chi connectivity index (χ2v) is 6.79. The highest BCUT2D eigenvalue weighted by molar-refractivity contribution is 8.00. The minimum Gasteiger partial charge on any atom is -0.480 e. The van der Waals surface area contributed by atoms with Crippen molar-refractivity contribution < 1.29 is 14.7 Å². The number of carbonyl (C=O) groups is 2. The molecule has 0 spiro atoms. The molecule has 1 aromatic carbocycles. The first-order chi connectivity index (χ1) is 10.1. The topological polar surface area (TPSA) is 66.4 Å². The van der Waals surface area contributed by atoms with Crippen molar-refractivity contribution in [1.82, 2.24) is 5.32 Å². The van der Waals surface area contributed by atoms with Gasteiger partial charge in [0.15, 0.2) is 0 Å². The van der Waals surface area contributed by atoms with Crippen molar-refractivity contribution in [2.75, 3.05) is 0 Å². The van der Waals surface area contributed by atoms with Crippen LogP contribution in [-0.4, -0.2) is 28.3 Å². The number of benzene rings is 1. The van der Waals surface area contributed by atoms with E-state index in [0.29, 0.717) is 5.56 Å². The number of hydrogen-bond acceptors (Lipinski definition) is 3. The standard InChI is InChI=1S/C16H21NO3S/c1-11(16(19)20)21-14-10-6-5-9-13(14)15(18)17-12-7-3-2-4-8-12/h5-6,9-12H,2-4,7-8H2,1H3,(H,17,18)(H,19,20). The average molecular weight is 307 g/mol. The van der Waals surface area contributed by atoms with Gasteiger partial charge >= 0.3 is 5.97 Å². The second kappa shape index (κ2) is 7.50. The molecule has 0 bridgehead atoms. The highest BCUT2D eigenvalue weighted by Crippen LogP contribution is 2.27. The molecule has 1 fully saturated rings. The quantitative estimate of drug-likeness (QED) is 0.819. The van der Waals surface area contributed by atoms with Crippen LogP contribution in [0.3, 0.4) is 0 Å². The Labute approximate surface area is 129 Å². The predicted molar refractivity (Wildman–Crippen MR) is 83.7 cm³/mol. The third-order valence-electron chi connectivity index (χ3n) is 3.72. The monoisotopic (exact) mass is 307 g/mol. The number of rotatable bonds is 5. The molecule has 5 heteroatoms. The van der Waals surface area contributed by atoms with Crippen molar-refractivity contribution in [3.05, 3.63) is 29.8 Å². The lowest BCUT2D eigenvalue weighted by Crippen LogP contribution is -2.36. The molecule has 1 aromatic rings. The van der Waals surface area contributed by atoms with Crippen LogP contribution in [-0.2, 0) is 4.79 Å². The lowest BCUT2D eigenvalue weighted by atomic mass is 9.95. The number of carboxylic acid groups (broad SMARTS) is 1. The number of nitrogens with one attached hydrogen (secondary N) is 1. The fourth-order valence-electron chi connectivity index (χ4n) is 2.51. The molecule has 2 rings (SSSR count). The van der Waals surface area contributed by atoms with Crippen molar-refractivity contribution >= 4 is 23.6 Å². The summed E-state index contributed by atoms with van der Waals surface area (Å²) in [6.45, 7) is 1.63. The van der Waals surface area contributed by atoms with Gasteiger partial charge in [0.25, 0.3) is 5.91 Å². The van der Waals surface area contributed by atoms with Crippen LogP contribution in [0.25, 0.3) is 0 Å². The van der Waals surface area contributed by atoms with E-state index in [2.05, 4.69) is 5.32 Å². The van der Waals surface area contributed by atoms with Crippen LogP contribution in [0.4, 0.5) is 0 Å². The molecule has 4 nitrogen and oxygen atoms in total. The molecule has 1 atom stereocenters. The summed E-state index contributed by atoms with van der Waals surface area (Å²) in [4.78, 5) is 24.1. The van der Waals surface area contributed by atoms with Gasteiger partial charge in [-0.05, 0) is 31.9 Å². The first-order valence-electron chi connectivity index (χ1n) is 7.37. The van der Waals surface area contributed by atoms with E-state index < -0.39 is 11.2 Å². The predicted octanol–water partition coefficient (Wildman–Crippen LogP) is 3.31. The largest absolute Gasteiger partial charge is 0.480 e. The number of aliphatic carboxylic acids is 1. The zero-order valence-corrected chi connectivity index (χ0v) is 13.0. The van der Waals surface area contributed by atoms with Crippen LogP contribution in [0, 0.1) is 0 Å². The summed E-state index contributed by atoms with van der Waals surface area (Å²) in [5.74, 6) is -0.968. The van der Waals surface area contributed by atoms with Crippen LogP contribution in [0.5, 0.6) is 0 Å². The zero-order chi connectivity index (χ0) is 15.2. The number of amides is 1. The molecule has 1 aliphatic carbocycles. The molecule has 1 aliphatic rings. The second-order valence-electron chi connectivity index (χ2n) is 5.40. The highest BCUT2D eigenvalue weighted by Gasteiger charge is 2.20. The Kier molecular flexibility index (Phi) is 5.67. The number of carboxylic acids is 1.